The van der Waals surface area contributed by atoms with Crippen molar-refractivity contribution < 1.29 is 0 Å². The lowest BCUT2D eigenvalue weighted by Crippen LogP contribution is -2.25. The number of nitrogens with zero attached hydrogens (tertiary/aromatic N) is 3. The molecule has 19 heavy (non-hydrogen) atoms. The smallest absolute Gasteiger partial charge is 0.125 e. The summed E-state index contributed by atoms with van der Waals surface area (Å²) in [4.78, 5) is 13.1. The van der Waals surface area contributed by atoms with Crippen molar-refractivity contribution in [2.24, 2.45) is 0 Å². The van der Waals surface area contributed by atoms with Crippen molar-refractivity contribution in [3.63, 3.8) is 0 Å². The molecule has 0 radical (unpaired) electrons. The molecule has 0 spiro atoms. The Morgan fingerprint density at radius 1 is 1.16 bits per heavy atom. The molecule has 2 rings (SSSR count). The van der Waals surface area contributed by atoms with Gasteiger partial charge in [0.2, 0.25) is 0 Å². The van der Waals surface area contributed by atoms with Crippen molar-refractivity contribution in [3.05, 3.63) is 53.9 Å². The number of hydrogen-bond donors (Lipinski definition) is 1. The molecular formula is C15H20N4. The fraction of sp³-hybridized carbons (Fsp3) is 0.400. The zero-order valence-electron chi connectivity index (χ0n) is 11.5. The number of hydrogen-bond acceptors (Lipinski definition) is 4. The van der Waals surface area contributed by atoms with Crippen LogP contribution >= 0.6 is 0 Å². The van der Waals surface area contributed by atoms with E-state index in [0.717, 1.165) is 36.6 Å². The molecule has 0 bridgehead atoms. The Bertz CT molecular complexity index is 499. The van der Waals surface area contributed by atoms with E-state index in [1.807, 2.05) is 37.5 Å². The molecule has 0 aromatic carbocycles. The molecule has 1 N–H and O–H groups in total. The Labute approximate surface area is 114 Å². The molecule has 0 fully saturated rings. The van der Waals surface area contributed by atoms with Crippen molar-refractivity contribution in [3.8, 4) is 0 Å². The van der Waals surface area contributed by atoms with Crippen LogP contribution in [0.2, 0.25) is 0 Å². The summed E-state index contributed by atoms with van der Waals surface area (Å²) in [6.07, 6.45) is 5.59. The van der Waals surface area contributed by atoms with Crippen LogP contribution in [0.25, 0.3) is 0 Å². The second-order valence-corrected chi connectivity index (χ2v) is 4.56. The van der Waals surface area contributed by atoms with E-state index in [1.165, 1.54) is 0 Å². The monoisotopic (exact) mass is 256 g/mol. The SMILES string of the molecule is CCCNC(Cc1ccccn1)c1ccnc(C)n1. The van der Waals surface area contributed by atoms with Crippen LogP contribution in [0, 0.1) is 6.92 Å². The average Bonchev–Trinajstić information content (AvgIpc) is 2.44. The standard InChI is InChI=1S/C15H20N4/c1-3-8-18-15(11-13-6-4-5-9-17-13)14-7-10-16-12(2)19-14/h4-7,9-10,15,18H,3,8,11H2,1-2H3. The Balaban J connectivity index is 2.16. The van der Waals surface area contributed by atoms with E-state index >= 15 is 0 Å². The van der Waals surface area contributed by atoms with Gasteiger partial charge in [0.15, 0.2) is 0 Å². The topological polar surface area (TPSA) is 50.7 Å². The molecule has 0 saturated heterocycles. The first-order valence-electron chi connectivity index (χ1n) is 6.72. The van der Waals surface area contributed by atoms with Gasteiger partial charge in [-0.05, 0) is 38.1 Å². The summed E-state index contributed by atoms with van der Waals surface area (Å²) >= 11 is 0. The van der Waals surface area contributed by atoms with Crippen molar-refractivity contribution in [1.29, 1.82) is 0 Å². The van der Waals surface area contributed by atoms with Gasteiger partial charge >= 0.3 is 0 Å². The van der Waals surface area contributed by atoms with E-state index in [2.05, 4.69) is 33.3 Å². The largest absolute Gasteiger partial charge is 0.308 e. The van der Waals surface area contributed by atoms with Gasteiger partial charge in [-0.1, -0.05) is 13.0 Å². The van der Waals surface area contributed by atoms with E-state index in [0.29, 0.717) is 0 Å². The molecule has 2 heterocycles. The number of rotatable bonds is 6. The highest BCUT2D eigenvalue weighted by atomic mass is 15.0. The van der Waals surface area contributed by atoms with Crippen molar-refractivity contribution in [2.75, 3.05) is 6.54 Å². The maximum absolute atomic E-state index is 4.52. The van der Waals surface area contributed by atoms with Gasteiger partial charge in [0.25, 0.3) is 0 Å². The minimum Gasteiger partial charge on any atom is -0.308 e. The number of aromatic nitrogens is 3. The third-order valence-electron chi connectivity index (χ3n) is 2.93. The maximum atomic E-state index is 4.52. The molecule has 2 aromatic heterocycles. The van der Waals surface area contributed by atoms with Crippen LogP contribution in [0.1, 0.15) is 36.6 Å². The van der Waals surface area contributed by atoms with Crippen LogP contribution in [0.15, 0.2) is 36.7 Å². The van der Waals surface area contributed by atoms with E-state index in [9.17, 15) is 0 Å². The first-order valence-corrected chi connectivity index (χ1v) is 6.72. The molecule has 0 saturated carbocycles. The molecule has 0 aliphatic rings. The molecule has 0 aliphatic carbocycles. The highest BCUT2D eigenvalue weighted by Crippen LogP contribution is 2.15. The summed E-state index contributed by atoms with van der Waals surface area (Å²) in [6, 6.07) is 8.17. The minimum absolute atomic E-state index is 0.191. The number of pyridine rings is 1. The maximum Gasteiger partial charge on any atom is 0.125 e. The summed E-state index contributed by atoms with van der Waals surface area (Å²) < 4.78 is 0. The molecular weight excluding hydrogens is 236 g/mol. The van der Waals surface area contributed by atoms with Gasteiger partial charge in [-0.2, -0.15) is 0 Å². The van der Waals surface area contributed by atoms with Crippen LogP contribution in [0.4, 0.5) is 0 Å². The van der Waals surface area contributed by atoms with Crippen molar-refractivity contribution in [1.82, 2.24) is 20.3 Å². The Hall–Kier alpha value is -1.81. The number of aryl methyl sites for hydroxylation is 1. The molecule has 0 amide bonds. The Morgan fingerprint density at radius 2 is 2.05 bits per heavy atom. The van der Waals surface area contributed by atoms with Crippen LogP contribution < -0.4 is 5.32 Å². The molecule has 2 aromatic rings. The normalized spacial score (nSPS) is 12.3. The van der Waals surface area contributed by atoms with Gasteiger partial charge in [-0.25, -0.2) is 9.97 Å². The van der Waals surface area contributed by atoms with Crippen LogP contribution in [0.5, 0.6) is 0 Å². The summed E-state index contributed by atoms with van der Waals surface area (Å²) in [6.45, 7) is 5.05. The van der Waals surface area contributed by atoms with Gasteiger partial charge in [-0.3, -0.25) is 4.98 Å². The molecule has 0 aliphatic heterocycles. The lowest BCUT2D eigenvalue weighted by atomic mass is 10.1. The molecule has 100 valence electrons. The fourth-order valence-corrected chi connectivity index (χ4v) is 2.00. The fourth-order valence-electron chi connectivity index (χ4n) is 2.00. The Kier molecular flexibility index (Phi) is 4.98. The highest BCUT2D eigenvalue weighted by Gasteiger charge is 2.13. The summed E-state index contributed by atoms with van der Waals surface area (Å²) in [5.74, 6) is 0.807. The lowest BCUT2D eigenvalue weighted by molar-refractivity contribution is 0.511. The molecule has 4 nitrogen and oxygen atoms in total. The second kappa shape index (κ2) is 6.95. The lowest BCUT2D eigenvalue weighted by Gasteiger charge is -2.17. The van der Waals surface area contributed by atoms with Crippen LogP contribution in [-0.2, 0) is 6.42 Å². The second-order valence-electron chi connectivity index (χ2n) is 4.56. The van der Waals surface area contributed by atoms with Crippen molar-refractivity contribution in [2.45, 2.75) is 32.7 Å². The molecule has 1 unspecified atom stereocenters. The zero-order valence-corrected chi connectivity index (χ0v) is 11.5. The van der Waals surface area contributed by atoms with E-state index in [4.69, 9.17) is 0 Å². The predicted molar refractivity (Wildman–Crippen MR) is 75.7 cm³/mol. The first-order chi connectivity index (χ1) is 9.29. The third-order valence-corrected chi connectivity index (χ3v) is 2.93. The average molecular weight is 256 g/mol. The summed E-state index contributed by atoms with van der Waals surface area (Å²) in [5, 5.41) is 3.53. The van der Waals surface area contributed by atoms with Gasteiger partial charge in [0, 0.05) is 24.5 Å². The van der Waals surface area contributed by atoms with Crippen LogP contribution in [0.3, 0.4) is 0 Å². The number of nitrogens with one attached hydrogen (secondary N) is 1. The van der Waals surface area contributed by atoms with Crippen LogP contribution in [-0.4, -0.2) is 21.5 Å². The van der Waals surface area contributed by atoms with Gasteiger partial charge < -0.3 is 5.32 Å². The quantitative estimate of drug-likeness (QED) is 0.862. The highest BCUT2D eigenvalue weighted by molar-refractivity contribution is 5.13. The van der Waals surface area contributed by atoms with Gasteiger partial charge in [-0.15, -0.1) is 0 Å². The summed E-state index contributed by atoms with van der Waals surface area (Å²) in [5.41, 5.74) is 2.11. The minimum atomic E-state index is 0.191. The van der Waals surface area contributed by atoms with E-state index in [1.54, 1.807) is 0 Å². The van der Waals surface area contributed by atoms with Gasteiger partial charge in [0.1, 0.15) is 5.82 Å². The van der Waals surface area contributed by atoms with E-state index < -0.39 is 0 Å². The molecule has 4 heteroatoms. The van der Waals surface area contributed by atoms with E-state index in [-0.39, 0.29) is 6.04 Å². The third kappa shape index (κ3) is 4.10. The predicted octanol–water partition coefficient (Wildman–Crippen LogP) is 2.46. The zero-order chi connectivity index (χ0) is 13.5. The van der Waals surface area contributed by atoms with Crippen molar-refractivity contribution >= 4 is 0 Å². The Morgan fingerprint density at radius 3 is 2.74 bits per heavy atom. The summed E-state index contributed by atoms with van der Waals surface area (Å²) in [7, 11) is 0. The van der Waals surface area contributed by atoms with Gasteiger partial charge in [0.05, 0.1) is 11.7 Å². The first kappa shape index (κ1) is 13.6. The molecule has 1 atom stereocenters.